The Hall–Kier alpha value is -3.66. The molecule has 6 atom stereocenters. The molecule has 1 heterocycles. The van der Waals surface area contributed by atoms with Crippen LogP contribution in [0.15, 0.2) is 58.5 Å². The van der Waals surface area contributed by atoms with Gasteiger partial charge in [0.1, 0.15) is 6.10 Å². The minimum absolute atomic E-state index is 0.128. The summed E-state index contributed by atoms with van der Waals surface area (Å²) in [7, 11) is 4.51. The first kappa shape index (κ1) is 41.5. The maximum atomic E-state index is 13.8. The number of rotatable bonds is 13. The smallest absolute Gasteiger partial charge is 0.405 e. The van der Waals surface area contributed by atoms with Crippen molar-refractivity contribution in [3.63, 3.8) is 0 Å². The number of aliphatic hydroxyl groups excluding tert-OH is 1. The monoisotopic (exact) mass is 691 g/mol. The van der Waals surface area contributed by atoms with Gasteiger partial charge in [0, 0.05) is 51.0 Å². The van der Waals surface area contributed by atoms with E-state index in [1.807, 2.05) is 6.92 Å². The molecule has 2 bridgehead atoms. The molecule has 0 spiro atoms. The number of aliphatic hydroxyl groups is 1. The summed E-state index contributed by atoms with van der Waals surface area (Å²) in [6, 6.07) is 0. The van der Waals surface area contributed by atoms with E-state index >= 15 is 0 Å². The number of amides is 2. The molecule has 0 saturated heterocycles. The molecule has 0 saturated carbocycles. The zero-order valence-electron chi connectivity index (χ0n) is 29.6. The number of carbonyl (C=O) groups excluding carboxylic acids is 4. The van der Waals surface area contributed by atoms with Crippen LogP contribution in [0.4, 0.5) is 4.79 Å². The quantitative estimate of drug-likeness (QED) is 0.125. The van der Waals surface area contributed by atoms with Crippen LogP contribution in [-0.2, 0) is 42.8 Å². The van der Waals surface area contributed by atoms with Crippen LogP contribution in [0.1, 0.15) is 40.5 Å². The average molecular weight is 692 g/mol. The number of carbonyl (C=O) groups is 4. The number of hydrogen-bond acceptors (Lipinski definition) is 12. The Kier molecular flexibility index (Phi) is 18.2. The van der Waals surface area contributed by atoms with Crippen LogP contribution in [0, 0.1) is 11.8 Å². The normalized spacial score (nSPS) is 28.9. The van der Waals surface area contributed by atoms with Crippen LogP contribution in [-0.4, -0.2) is 114 Å². The average Bonchev–Trinajstić information content (AvgIpc) is 3.06. The molecular weight excluding hydrogens is 638 g/mol. The highest BCUT2D eigenvalue weighted by atomic mass is 16.6. The lowest BCUT2D eigenvalue weighted by Gasteiger charge is -2.30. The molecule has 0 fully saturated rings. The number of nitrogens with two attached hydrogens (primary N) is 1. The Morgan fingerprint density at radius 1 is 1.02 bits per heavy atom. The highest BCUT2D eigenvalue weighted by molar-refractivity contribution is 6.23. The lowest BCUT2D eigenvalue weighted by atomic mass is 9.85. The summed E-state index contributed by atoms with van der Waals surface area (Å²) < 4.78 is 32.6. The number of hydrogen-bond donors (Lipinski definition) is 4. The van der Waals surface area contributed by atoms with Gasteiger partial charge in [0.2, 0.25) is 11.6 Å². The summed E-state index contributed by atoms with van der Waals surface area (Å²) in [5.41, 5.74) is 6.36. The van der Waals surface area contributed by atoms with E-state index in [1.54, 1.807) is 46.1 Å². The number of ether oxygens (including phenoxy) is 6. The number of Topliss-reactive ketones (excluding diaryl/α,β-unsaturated/α-hetero) is 1. The number of primary amides is 1. The Morgan fingerprint density at radius 2 is 1.69 bits per heavy atom. The van der Waals surface area contributed by atoms with Crippen LogP contribution >= 0.6 is 0 Å². The van der Waals surface area contributed by atoms with Crippen molar-refractivity contribution in [2.24, 2.45) is 17.6 Å². The second-order valence-electron chi connectivity index (χ2n) is 12.1. The largest absolute Gasteiger partial charge is 0.439 e. The Balaban J connectivity index is 2.43. The van der Waals surface area contributed by atoms with E-state index in [0.717, 1.165) is 6.08 Å². The topological polar surface area (TPSA) is 194 Å². The van der Waals surface area contributed by atoms with Crippen molar-refractivity contribution in [1.82, 2.24) is 10.6 Å². The molecule has 1 aliphatic heterocycles. The highest BCUT2D eigenvalue weighted by Gasteiger charge is 2.33. The molecule has 0 radical (unpaired) electrons. The fraction of sp³-hybridized carbons (Fsp3) is 0.600. The third kappa shape index (κ3) is 13.3. The van der Waals surface area contributed by atoms with Gasteiger partial charge in [-0.25, -0.2) is 4.79 Å². The van der Waals surface area contributed by atoms with Gasteiger partial charge < -0.3 is 49.9 Å². The van der Waals surface area contributed by atoms with E-state index < -0.39 is 53.9 Å². The Morgan fingerprint density at radius 3 is 2.33 bits per heavy atom. The van der Waals surface area contributed by atoms with E-state index in [2.05, 4.69) is 10.6 Å². The summed E-state index contributed by atoms with van der Waals surface area (Å²) in [6.45, 7) is 9.14. The molecule has 2 amide bonds. The zero-order chi connectivity index (χ0) is 36.5. The summed E-state index contributed by atoms with van der Waals surface area (Å²) >= 11 is 0. The SMILES string of the molecule is COCCOCCOCCNC1=C2C[C@@H](C)C[C@H](OC)[C@H](O)[C@@H](C)/C=C(\C)[C@H](OC(N)=O)[C@@H](OC)/C=C\C=C(/C)C(=O)NC(=CC1=O)C2=O. The number of allylic oxidation sites excluding steroid dienone is 4. The van der Waals surface area contributed by atoms with Gasteiger partial charge in [-0.3, -0.25) is 14.4 Å². The van der Waals surface area contributed by atoms with Crippen molar-refractivity contribution in [3.8, 4) is 0 Å². The second-order valence-corrected chi connectivity index (χ2v) is 12.1. The van der Waals surface area contributed by atoms with Gasteiger partial charge >= 0.3 is 6.09 Å². The molecule has 0 aromatic heterocycles. The number of ketones is 2. The molecule has 0 aromatic carbocycles. The summed E-state index contributed by atoms with van der Waals surface area (Å²) in [5, 5.41) is 17.0. The number of fused-ring (bicyclic) bond motifs is 2. The second kappa shape index (κ2) is 21.4. The third-order valence-corrected chi connectivity index (χ3v) is 8.15. The molecule has 14 heteroatoms. The van der Waals surface area contributed by atoms with Gasteiger partial charge in [-0.05, 0) is 38.2 Å². The Labute approximate surface area is 288 Å². The van der Waals surface area contributed by atoms with Gasteiger partial charge in [-0.15, -0.1) is 0 Å². The van der Waals surface area contributed by atoms with Crippen LogP contribution < -0.4 is 16.4 Å². The molecule has 274 valence electrons. The molecule has 1 aliphatic carbocycles. The van der Waals surface area contributed by atoms with Gasteiger partial charge in [-0.2, -0.15) is 0 Å². The molecule has 14 nitrogen and oxygen atoms in total. The lowest BCUT2D eigenvalue weighted by Crippen LogP contribution is -2.38. The summed E-state index contributed by atoms with van der Waals surface area (Å²) in [6.07, 6.45) is 3.62. The van der Waals surface area contributed by atoms with Crippen LogP contribution in [0.3, 0.4) is 0 Å². The van der Waals surface area contributed by atoms with Crippen molar-refractivity contribution >= 4 is 23.6 Å². The van der Waals surface area contributed by atoms with Crippen molar-refractivity contribution in [3.05, 3.63) is 58.5 Å². The zero-order valence-corrected chi connectivity index (χ0v) is 29.6. The van der Waals surface area contributed by atoms with Crippen molar-refractivity contribution in [2.45, 2.75) is 65.0 Å². The first-order chi connectivity index (χ1) is 23.3. The van der Waals surface area contributed by atoms with E-state index in [-0.39, 0.29) is 48.0 Å². The van der Waals surface area contributed by atoms with Crippen molar-refractivity contribution in [1.29, 1.82) is 0 Å². The summed E-state index contributed by atoms with van der Waals surface area (Å²) in [4.78, 5) is 52.1. The van der Waals surface area contributed by atoms with Gasteiger partial charge in [0.05, 0.1) is 56.6 Å². The molecule has 0 aromatic rings. The fourth-order valence-electron chi connectivity index (χ4n) is 5.49. The molecule has 0 unspecified atom stereocenters. The van der Waals surface area contributed by atoms with Crippen LogP contribution in [0.25, 0.3) is 0 Å². The first-order valence-electron chi connectivity index (χ1n) is 16.3. The standard InChI is InChI=1S/C35H53N3O11/c1-21-17-25-30(37-11-12-47-15-16-48-14-13-44-5)27(39)20-26(32(25)41)38-34(42)22(2)9-8-10-28(45-6)33(49-35(36)43)24(4)19-23(3)31(40)29(18-21)46-7/h8-10,19-21,23,28-29,31,33,37,40H,11-18H2,1-7H3,(H2,36,43)(H,38,42)/b10-8-,22-9+,24-19+/t21-,23+,28+,29+,31-,33+/m1/s1. The highest BCUT2D eigenvalue weighted by Crippen LogP contribution is 2.28. The van der Waals surface area contributed by atoms with Gasteiger partial charge in [-0.1, -0.05) is 38.2 Å². The van der Waals surface area contributed by atoms with Gasteiger partial charge in [0.15, 0.2) is 6.10 Å². The molecule has 2 rings (SSSR count). The number of methoxy groups -OCH3 is 3. The van der Waals surface area contributed by atoms with Gasteiger partial charge in [0.25, 0.3) is 5.91 Å². The fourth-order valence-corrected chi connectivity index (χ4v) is 5.49. The van der Waals surface area contributed by atoms with E-state index in [1.165, 1.54) is 20.3 Å². The van der Waals surface area contributed by atoms with E-state index in [4.69, 9.17) is 34.2 Å². The predicted molar refractivity (Wildman–Crippen MR) is 181 cm³/mol. The third-order valence-electron chi connectivity index (χ3n) is 8.15. The van der Waals surface area contributed by atoms with E-state index in [0.29, 0.717) is 38.4 Å². The van der Waals surface area contributed by atoms with Crippen LogP contribution in [0.2, 0.25) is 0 Å². The van der Waals surface area contributed by atoms with Crippen LogP contribution in [0.5, 0.6) is 0 Å². The first-order valence-corrected chi connectivity index (χ1v) is 16.3. The van der Waals surface area contributed by atoms with Crippen molar-refractivity contribution < 1.29 is 52.7 Å². The Bertz CT molecular complexity index is 1300. The molecular formula is C35H53N3O11. The lowest BCUT2D eigenvalue weighted by molar-refractivity contribution is -0.120. The minimum Gasteiger partial charge on any atom is -0.439 e. The predicted octanol–water partition coefficient (Wildman–Crippen LogP) is 2.03. The summed E-state index contributed by atoms with van der Waals surface area (Å²) in [5.74, 6) is -2.26. The minimum atomic E-state index is -1.01. The number of nitrogens with one attached hydrogen (secondary N) is 2. The molecule has 49 heavy (non-hydrogen) atoms. The molecule has 2 aliphatic rings. The molecule has 5 N–H and O–H groups in total. The maximum Gasteiger partial charge on any atom is 0.405 e. The van der Waals surface area contributed by atoms with E-state index in [9.17, 15) is 24.3 Å². The van der Waals surface area contributed by atoms with Crippen molar-refractivity contribution in [2.75, 3.05) is 60.9 Å². The maximum absolute atomic E-state index is 13.8.